The van der Waals surface area contributed by atoms with Crippen LogP contribution < -0.4 is 5.32 Å². The van der Waals surface area contributed by atoms with Crippen molar-refractivity contribution in [1.29, 1.82) is 0 Å². The smallest absolute Gasteiger partial charge is 0.317 e. The Labute approximate surface area is 171 Å². The van der Waals surface area contributed by atoms with Gasteiger partial charge in [0.25, 0.3) is 0 Å². The maximum Gasteiger partial charge on any atom is 0.317 e. The van der Waals surface area contributed by atoms with Gasteiger partial charge in [0.1, 0.15) is 5.82 Å². The van der Waals surface area contributed by atoms with Crippen LogP contribution in [0.5, 0.6) is 0 Å². The van der Waals surface area contributed by atoms with Crippen molar-refractivity contribution in [3.63, 3.8) is 0 Å². The maximum absolute atomic E-state index is 12.8. The number of para-hydroxylation sites is 2. The van der Waals surface area contributed by atoms with E-state index in [1.54, 1.807) is 0 Å². The first kappa shape index (κ1) is 19.5. The Kier molecular flexibility index (Phi) is 5.81. The highest BCUT2D eigenvalue weighted by Gasteiger charge is 2.26. The fourth-order valence-corrected chi connectivity index (χ4v) is 4.06. The number of carbonyl (C=O) groups is 1. The summed E-state index contributed by atoms with van der Waals surface area (Å²) >= 11 is 0. The van der Waals surface area contributed by atoms with E-state index in [0.717, 1.165) is 42.8 Å². The maximum atomic E-state index is 12.8. The highest BCUT2D eigenvalue weighted by atomic mass is 16.2. The highest BCUT2D eigenvalue weighted by Crippen LogP contribution is 2.26. The number of nitrogens with zero attached hydrogens (tertiary/aromatic N) is 3. The van der Waals surface area contributed by atoms with Gasteiger partial charge in [0.05, 0.1) is 11.0 Å². The molecule has 0 radical (unpaired) electrons. The zero-order valence-corrected chi connectivity index (χ0v) is 17.2. The minimum absolute atomic E-state index is 0.00506. The summed E-state index contributed by atoms with van der Waals surface area (Å²) in [7, 11) is 4.11. The lowest BCUT2D eigenvalue weighted by Gasteiger charge is -2.32. The van der Waals surface area contributed by atoms with Crippen LogP contribution in [-0.2, 0) is 13.1 Å². The molecule has 3 aromatic rings. The predicted octanol–water partition coefficient (Wildman–Crippen LogP) is 3.71. The molecule has 2 amide bonds. The lowest BCUT2D eigenvalue weighted by Crippen LogP contribution is -2.45. The Bertz CT molecular complexity index is 947. The third-order valence-corrected chi connectivity index (χ3v) is 5.54. The molecule has 0 spiro atoms. The highest BCUT2D eigenvalue weighted by molar-refractivity contribution is 5.75. The zero-order chi connectivity index (χ0) is 20.2. The number of imidazole rings is 1. The zero-order valence-electron chi connectivity index (χ0n) is 17.2. The van der Waals surface area contributed by atoms with Crippen LogP contribution in [0.25, 0.3) is 11.0 Å². The van der Waals surface area contributed by atoms with Crippen LogP contribution in [0.2, 0.25) is 0 Å². The van der Waals surface area contributed by atoms with Gasteiger partial charge in [-0.2, -0.15) is 0 Å². The number of piperidine rings is 1. The molecule has 2 aromatic carbocycles. The van der Waals surface area contributed by atoms with Gasteiger partial charge in [0.15, 0.2) is 0 Å². The topological polar surface area (TPSA) is 64.3 Å². The number of hydrogen-bond acceptors (Lipinski definition) is 3. The summed E-state index contributed by atoms with van der Waals surface area (Å²) in [6.45, 7) is 2.91. The number of hydrogen-bond donors (Lipinski definition) is 2. The van der Waals surface area contributed by atoms with Gasteiger partial charge in [-0.05, 0) is 50.2 Å². The minimum atomic E-state index is 0.00506. The van der Waals surface area contributed by atoms with Crippen molar-refractivity contribution >= 4 is 17.1 Å². The summed E-state index contributed by atoms with van der Waals surface area (Å²) in [6, 6.07) is 16.4. The standard InChI is InChI=1S/C23H29N5O/c1-27(2)15-18-9-4-3-8-17(18)14-24-23(29)28-13-7-10-19(16-28)22-25-20-11-5-6-12-21(20)26-22/h3-6,8-9,11-12,19H,7,10,13-16H2,1-2H3,(H,24,29)(H,25,26). The van der Waals surface area contributed by atoms with E-state index in [-0.39, 0.29) is 11.9 Å². The molecule has 1 unspecified atom stereocenters. The van der Waals surface area contributed by atoms with E-state index >= 15 is 0 Å². The molecule has 4 rings (SSSR count). The SMILES string of the molecule is CN(C)Cc1ccccc1CNC(=O)N1CCCC(c2nc3ccccc3[nH]2)C1. The van der Waals surface area contributed by atoms with Gasteiger partial charge in [-0.25, -0.2) is 9.78 Å². The number of benzene rings is 2. The van der Waals surface area contributed by atoms with Crippen LogP contribution in [0.1, 0.15) is 35.7 Å². The number of aromatic nitrogens is 2. The van der Waals surface area contributed by atoms with Gasteiger partial charge < -0.3 is 20.1 Å². The number of H-pyrrole nitrogens is 1. The van der Waals surface area contributed by atoms with Gasteiger partial charge in [-0.1, -0.05) is 36.4 Å². The largest absolute Gasteiger partial charge is 0.342 e. The van der Waals surface area contributed by atoms with Crippen molar-refractivity contribution in [2.24, 2.45) is 0 Å². The average molecular weight is 392 g/mol. The first-order chi connectivity index (χ1) is 14.1. The third kappa shape index (κ3) is 4.59. The van der Waals surface area contributed by atoms with Crippen molar-refractivity contribution in [3.8, 4) is 0 Å². The first-order valence-electron chi connectivity index (χ1n) is 10.3. The molecule has 1 saturated heterocycles. The molecule has 6 heteroatoms. The van der Waals surface area contributed by atoms with Crippen molar-refractivity contribution in [3.05, 3.63) is 65.5 Å². The van der Waals surface area contributed by atoms with Gasteiger partial charge in [-0.15, -0.1) is 0 Å². The first-order valence-corrected chi connectivity index (χ1v) is 10.3. The molecule has 1 fully saturated rings. The van der Waals surface area contributed by atoms with Gasteiger partial charge in [0.2, 0.25) is 0 Å². The Morgan fingerprint density at radius 2 is 1.93 bits per heavy atom. The Hall–Kier alpha value is -2.86. The van der Waals surface area contributed by atoms with Gasteiger partial charge >= 0.3 is 6.03 Å². The van der Waals surface area contributed by atoms with E-state index in [1.165, 1.54) is 11.1 Å². The quantitative estimate of drug-likeness (QED) is 0.697. The Balaban J connectivity index is 1.39. The van der Waals surface area contributed by atoms with Gasteiger partial charge in [-0.3, -0.25) is 0 Å². The summed E-state index contributed by atoms with van der Waals surface area (Å²) < 4.78 is 0. The summed E-state index contributed by atoms with van der Waals surface area (Å²) in [5.41, 5.74) is 4.46. The van der Waals surface area contributed by atoms with E-state index in [0.29, 0.717) is 13.1 Å². The summed E-state index contributed by atoms with van der Waals surface area (Å²) in [5.74, 6) is 1.24. The number of urea groups is 1. The number of nitrogens with one attached hydrogen (secondary N) is 2. The second-order valence-corrected chi connectivity index (χ2v) is 8.09. The van der Waals surface area contributed by atoms with E-state index in [1.807, 2.05) is 41.3 Å². The lowest BCUT2D eigenvalue weighted by atomic mass is 9.97. The van der Waals surface area contributed by atoms with Crippen LogP contribution in [-0.4, -0.2) is 53.0 Å². The van der Waals surface area contributed by atoms with Crippen LogP contribution in [0, 0.1) is 0 Å². The molecule has 0 saturated carbocycles. The number of carbonyl (C=O) groups excluding carboxylic acids is 1. The van der Waals surface area contributed by atoms with E-state index in [2.05, 4.69) is 41.4 Å². The normalized spacial score (nSPS) is 17.1. The third-order valence-electron chi connectivity index (χ3n) is 5.54. The molecule has 2 heterocycles. The molecule has 1 atom stereocenters. The van der Waals surface area contributed by atoms with Crippen LogP contribution >= 0.6 is 0 Å². The van der Waals surface area contributed by atoms with E-state index < -0.39 is 0 Å². The summed E-state index contributed by atoms with van der Waals surface area (Å²) in [5, 5.41) is 3.12. The van der Waals surface area contributed by atoms with Gasteiger partial charge in [0, 0.05) is 32.1 Å². The molecule has 0 aliphatic carbocycles. The summed E-state index contributed by atoms with van der Waals surface area (Å²) in [4.78, 5) is 25.1. The molecule has 0 bridgehead atoms. The van der Waals surface area contributed by atoms with Crippen molar-refractivity contribution in [2.75, 3.05) is 27.2 Å². The number of likely N-dealkylation sites (tertiary alicyclic amines) is 1. The number of aromatic amines is 1. The second kappa shape index (κ2) is 8.66. The van der Waals surface area contributed by atoms with Crippen molar-refractivity contribution in [1.82, 2.24) is 25.1 Å². The predicted molar refractivity (Wildman–Crippen MR) is 116 cm³/mol. The molecule has 6 nitrogen and oxygen atoms in total. The monoisotopic (exact) mass is 391 g/mol. The molecule has 1 aliphatic rings. The fraction of sp³-hybridized carbons (Fsp3) is 0.391. The number of rotatable bonds is 5. The van der Waals surface area contributed by atoms with Crippen LogP contribution in [0.15, 0.2) is 48.5 Å². The van der Waals surface area contributed by atoms with E-state index in [4.69, 9.17) is 4.98 Å². The summed E-state index contributed by atoms with van der Waals surface area (Å²) in [6.07, 6.45) is 2.04. The fourth-order valence-electron chi connectivity index (χ4n) is 4.06. The molecule has 29 heavy (non-hydrogen) atoms. The van der Waals surface area contributed by atoms with E-state index in [9.17, 15) is 4.79 Å². The molecular formula is C23H29N5O. The number of fused-ring (bicyclic) bond motifs is 1. The molecule has 2 N–H and O–H groups in total. The van der Waals surface area contributed by atoms with Crippen LogP contribution in [0.4, 0.5) is 4.79 Å². The molecule has 1 aliphatic heterocycles. The number of amides is 2. The molecular weight excluding hydrogens is 362 g/mol. The van der Waals surface area contributed by atoms with Crippen LogP contribution in [0.3, 0.4) is 0 Å². The Morgan fingerprint density at radius 1 is 1.17 bits per heavy atom. The van der Waals surface area contributed by atoms with Crippen molar-refractivity contribution in [2.45, 2.75) is 31.8 Å². The van der Waals surface area contributed by atoms with Crippen molar-refractivity contribution < 1.29 is 4.79 Å². The Morgan fingerprint density at radius 3 is 2.72 bits per heavy atom. The lowest BCUT2D eigenvalue weighted by molar-refractivity contribution is 0.178. The second-order valence-electron chi connectivity index (χ2n) is 8.09. The minimum Gasteiger partial charge on any atom is -0.342 e. The average Bonchev–Trinajstić information content (AvgIpc) is 3.17. The molecule has 152 valence electrons. The molecule has 1 aromatic heterocycles.